The van der Waals surface area contributed by atoms with Gasteiger partial charge in [0.1, 0.15) is 6.04 Å². The summed E-state index contributed by atoms with van der Waals surface area (Å²) in [5.74, 6) is -1.18. The van der Waals surface area contributed by atoms with Crippen LogP contribution < -0.4 is 0 Å². The quantitative estimate of drug-likeness (QED) is 0.867. The lowest BCUT2D eigenvalue weighted by molar-refractivity contribution is -0.141. The van der Waals surface area contributed by atoms with Crippen LogP contribution in [0.5, 0.6) is 0 Å². The summed E-state index contributed by atoms with van der Waals surface area (Å²) >= 11 is 5.94. The molecule has 1 unspecified atom stereocenters. The number of carboxylic acid groups (broad SMARTS) is 2. The lowest BCUT2D eigenvalue weighted by atomic mass is 9.92. The van der Waals surface area contributed by atoms with Crippen LogP contribution in [0.2, 0.25) is 5.02 Å². The van der Waals surface area contributed by atoms with E-state index in [0.29, 0.717) is 17.2 Å². The molecule has 1 aromatic rings. The molecule has 0 aromatic heterocycles. The summed E-state index contributed by atoms with van der Waals surface area (Å²) in [6.07, 6.45) is -0.854. The number of rotatable bonds is 2. The van der Waals surface area contributed by atoms with Crippen molar-refractivity contribution in [2.24, 2.45) is 5.16 Å². The van der Waals surface area contributed by atoms with Gasteiger partial charge in [0.25, 0.3) is 0 Å². The normalized spacial score (nSPS) is 26.9. The maximum Gasteiger partial charge on any atom is 0.408 e. The van der Waals surface area contributed by atoms with E-state index in [1.54, 1.807) is 18.2 Å². The first kappa shape index (κ1) is 14.6. The molecule has 0 aliphatic carbocycles. The average molecular weight is 325 g/mol. The van der Waals surface area contributed by atoms with Crippen LogP contribution in [0.1, 0.15) is 18.4 Å². The summed E-state index contributed by atoms with van der Waals surface area (Å²) in [6.45, 7) is -0.0210. The van der Waals surface area contributed by atoms with Crippen LogP contribution in [-0.2, 0) is 9.63 Å². The second kappa shape index (κ2) is 5.17. The summed E-state index contributed by atoms with van der Waals surface area (Å²) in [6, 6.07) is 5.96. The number of likely N-dealkylation sites (tertiary alicyclic amines) is 1. The third-order valence-corrected chi connectivity index (χ3v) is 4.16. The summed E-state index contributed by atoms with van der Waals surface area (Å²) in [4.78, 5) is 28.8. The smallest absolute Gasteiger partial charge is 0.408 e. The summed E-state index contributed by atoms with van der Waals surface area (Å²) in [5.41, 5.74) is 0.503. The monoisotopic (exact) mass is 324 g/mol. The zero-order valence-electron chi connectivity index (χ0n) is 11.4. The predicted octanol–water partition coefficient (Wildman–Crippen LogP) is 2.04. The van der Waals surface area contributed by atoms with Gasteiger partial charge < -0.3 is 15.1 Å². The van der Waals surface area contributed by atoms with Gasteiger partial charge in [0.2, 0.25) is 0 Å². The standard InChI is InChI=1S/C14H13ClN2O5/c15-9-3-1-2-8(4-9)10-5-14(22-16-10)6-11(12(18)19)17(7-14)13(20)21/h1-4,11H,5-7H2,(H,18,19)(H,20,21)/t11?,14-/m1/s1. The second-order valence-electron chi connectivity index (χ2n) is 5.47. The van der Waals surface area contributed by atoms with Gasteiger partial charge in [-0.1, -0.05) is 28.9 Å². The first-order valence-electron chi connectivity index (χ1n) is 6.64. The minimum Gasteiger partial charge on any atom is -0.480 e. The molecule has 1 fully saturated rings. The number of benzene rings is 1. The molecular weight excluding hydrogens is 312 g/mol. The number of oxime groups is 1. The molecule has 22 heavy (non-hydrogen) atoms. The highest BCUT2D eigenvalue weighted by Gasteiger charge is 2.54. The Morgan fingerprint density at radius 2 is 2.18 bits per heavy atom. The number of aliphatic carboxylic acids is 1. The molecule has 7 nitrogen and oxygen atoms in total. The Hall–Kier alpha value is -2.28. The Bertz CT molecular complexity index is 653. The summed E-state index contributed by atoms with van der Waals surface area (Å²) in [5, 5.41) is 22.9. The highest BCUT2D eigenvalue weighted by molar-refractivity contribution is 6.31. The van der Waals surface area contributed by atoms with E-state index in [1.807, 2.05) is 6.07 Å². The van der Waals surface area contributed by atoms with E-state index in [-0.39, 0.29) is 13.0 Å². The Morgan fingerprint density at radius 1 is 1.41 bits per heavy atom. The molecule has 2 aliphatic heterocycles. The molecule has 3 rings (SSSR count). The molecule has 0 bridgehead atoms. The highest BCUT2D eigenvalue weighted by Crippen LogP contribution is 2.38. The predicted molar refractivity (Wildman–Crippen MR) is 77.2 cm³/mol. The van der Waals surface area contributed by atoms with Crippen LogP contribution in [0, 0.1) is 0 Å². The summed E-state index contributed by atoms with van der Waals surface area (Å²) < 4.78 is 0. The topological polar surface area (TPSA) is 99.4 Å². The molecule has 2 N–H and O–H groups in total. The number of nitrogens with zero attached hydrogens (tertiary/aromatic N) is 2. The lowest BCUT2D eigenvalue weighted by Crippen LogP contribution is -2.40. The van der Waals surface area contributed by atoms with Crippen molar-refractivity contribution in [1.82, 2.24) is 4.90 Å². The minimum absolute atomic E-state index is 0.0210. The first-order chi connectivity index (χ1) is 10.4. The average Bonchev–Trinajstić information content (AvgIpc) is 3.04. The molecular formula is C14H13ClN2O5. The Morgan fingerprint density at radius 3 is 2.77 bits per heavy atom. The van der Waals surface area contributed by atoms with Gasteiger partial charge in [0, 0.05) is 23.4 Å². The Labute approximate surface area is 130 Å². The van der Waals surface area contributed by atoms with Crippen molar-refractivity contribution >= 4 is 29.4 Å². The fourth-order valence-corrected chi connectivity index (χ4v) is 3.10. The van der Waals surface area contributed by atoms with Crippen LogP contribution in [0.4, 0.5) is 4.79 Å². The van der Waals surface area contributed by atoms with Crippen molar-refractivity contribution in [3.8, 4) is 0 Å². The molecule has 116 valence electrons. The molecule has 2 atom stereocenters. The van der Waals surface area contributed by atoms with Crippen LogP contribution in [0.3, 0.4) is 0 Å². The fourth-order valence-electron chi connectivity index (χ4n) is 2.91. The molecule has 0 saturated carbocycles. The number of amides is 1. The van der Waals surface area contributed by atoms with Gasteiger partial charge >= 0.3 is 12.1 Å². The van der Waals surface area contributed by atoms with E-state index < -0.39 is 23.7 Å². The summed E-state index contributed by atoms with van der Waals surface area (Å²) in [7, 11) is 0. The van der Waals surface area contributed by atoms with Crippen molar-refractivity contribution < 1.29 is 24.6 Å². The van der Waals surface area contributed by atoms with Gasteiger partial charge in [-0.3, -0.25) is 4.90 Å². The maximum atomic E-state index is 11.2. The number of halogens is 1. The molecule has 1 amide bonds. The van der Waals surface area contributed by atoms with Crippen molar-refractivity contribution in [3.63, 3.8) is 0 Å². The van der Waals surface area contributed by atoms with Gasteiger partial charge in [-0.25, -0.2) is 9.59 Å². The molecule has 0 radical (unpaired) electrons. The van der Waals surface area contributed by atoms with Gasteiger partial charge in [-0.05, 0) is 12.1 Å². The van der Waals surface area contributed by atoms with Gasteiger partial charge in [-0.15, -0.1) is 0 Å². The van der Waals surface area contributed by atoms with E-state index in [9.17, 15) is 14.7 Å². The maximum absolute atomic E-state index is 11.2. The number of hydrogen-bond acceptors (Lipinski definition) is 4. The zero-order valence-corrected chi connectivity index (χ0v) is 12.2. The van der Waals surface area contributed by atoms with Crippen LogP contribution in [0.25, 0.3) is 0 Å². The number of carbonyl (C=O) groups is 2. The van der Waals surface area contributed by atoms with Crippen molar-refractivity contribution in [3.05, 3.63) is 34.9 Å². The molecule has 1 spiro atoms. The van der Waals surface area contributed by atoms with Crippen LogP contribution >= 0.6 is 11.6 Å². The van der Waals surface area contributed by atoms with E-state index in [4.69, 9.17) is 21.5 Å². The third kappa shape index (κ3) is 2.48. The van der Waals surface area contributed by atoms with E-state index in [1.165, 1.54) is 0 Å². The zero-order chi connectivity index (χ0) is 15.9. The van der Waals surface area contributed by atoms with E-state index in [2.05, 4.69) is 5.16 Å². The third-order valence-electron chi connectivity index (χ3n) is 3.93. The van der Waals surface area contributed by atoms with Gasteiger partial charge in [-0.2, -0.15) is 0 Å². The van der Waals surface area contributed by atoms with E-state index in [0.717, 1.165) is 10.5 Å². The molecule has 8 heteroatoms. The van der Waals surface area contributed by atoms with Gasteiger partial charge in [0.15, 0.2) is 5.60 Å². The van der Waals surface area contributed by atoms with Crippen molar-refractivity contribution in [2.75, 3.05) is 6.54 Å². The highest BCUT2D eigenvalue weighted by atomic mass is 35.5. The number of carboxylic acids is 1. The molecule has 2 heterocycles. The van der Waals surface area contributed by atoms with E-state index >= 15 is 0 Å². The van der Waals surface area contributed by atoms with Crippen LogP contribution in [0.15, 0.2) is 29.4 Å². The number of hydrogen-bond donors (Lipinski definition) is 2. The minimum atomic E-state index is -1.27. The second-order valence-corrected chi connectivity index (χ2v) is 5.90. The molecule has 1 saturated heterocycles. The fraction of sp³-hybridized carbons (Fsp3) is 0.357. The van der Waals surface area contributed by atoms with Crippen molar-refractivity contribution in [1.29, 1.82) is 0 Å². The van der Waals surface area contributed by atoms with Gasteiger partial charge in [0.05, 0.1) is 12.3 Å². The Kier molecular flexibility index (Phi) is 3.44. The Balaban J connectivity index is 1.81. The lowest BCUT2D eigenvalue weighted by Gasteiger charge is -2.20. The van der Waals surface area contributed by atoms with Crippen LogP contribution in [-0.4, -0.2) is 51.1 Å². The largest absolute Gasteiger partial charge is 0.480 e. The first-order valence-corrected chi connectivity index (χ1v) is 7.01. The molecule has 1 aromatic carbocycles. The molecule has 2 aliphatic rings. The SMILES string of the molecule is O=C(O)C1C[C@]2(CC(c3cccc(Cl)c3)=NO2)CN1C(=O)O. The van der Waals surface area contributed by atoms with Crippen molar-refractivity contribution in [2.45, 2.75) is 24.5 Å².